The summed E-state index contributed by atoms with van der Waals surface area (Å²) in [6.07, 6.45) is 0.913. The third kappa shape index (κ3) is 7.54. The van der Waals surface area contributed by atoms with Crippen molar-refractivity contribution in [2.45, 2.75) is 19.8 Å². The van der Waals surface area contributed by atoms with Gasteiger partial charge in [-0.05, 0) is 13.3 Å². The van der Waals surface area contributed by atoms with Crippen molar-refractivity contribution in [3.63, 3.8) is 0 Å². The summed E-state index contributed by atoms with van der Waals surface area (Å²) < 4.78 is 9.34. The summed E-state index contributed by atoms with van der Waals surface area (Å²) in [6.45, 7) is 2.90. The number of esters is 1. The Bertz CT molecular complexity index is 182. The van der Waals surface area contributed by atoms with Crippen LogP contribution in [0, 0.1) is 0 Å². The molecule has 0 saturated carbocycles. The van der Waals surface area contributed by atoms with Crippen LogP contribution in [-0.4, -0.2) is 38.7 Å². The number of carbonyl (C=O) groups excluding carboxylic acids is 2. The third-order valence-corrected chi connectivity index (χ3v) is 1.54. The molecule has 14 heavy (non-hydrogen) atoms. The Kier molecular flexibility index (Phi) is 7.83. The van der Waals surface area contributed by atoms with E-state index in [2.05, 4.69) is 10.1 Å². The van der Waals surface area contributed by atoms with Crippen molar-refractivity contribution in [2.24, 2.45) is 0 Å². The van der Waals surface area contributed by atoms with Gasteiger partial charge in [0.15, 0.2) is 0 Å². The monoisotopic (exact) mass is 203 g/mol. The number of hydrogen-bond donors (Lipinski definition) is 1. The Morgan fingerprint density at radius 1 is 1.36 bits per heavy atom. The van der Waals surface area contributed by atoms with Gasteiger partial charge in [0, 0.05) is 19.6 Å². The minimum Gasteiger partial charge on any atom is -0.469 e. The van der Waals surface area contributed by atoms with Gasteiger partial charge in [0.2, 0.25) is 5.91 Å². The summed E-state index contributed by atoms with van der Waals surface area (Å²) in [6, 6.07) is 0. The molecule has 0 aliphatic carbocycles. The molecule has 0 aromatic heterocycles. The van der Waals surface area contributed by atoms with Crippen LogP contribution in [0.5, 0.6) is 0 Å². The van der Waals surface area contributed by atoms with Gasteiger partial charge in [-0.15, -0.1) is 0 Å². The first-order valence-electron chi connectivity index (χ1n) is 4.62. The van der Waals surface area contributed by atoms with E-state index in [9.17, 15) is 9.59 Å². The Morgan fingerprint density at radius 2 is 2.07 bits per heavy atom. The highest BCUT2D eigenvalue weighted by Crippen LogP contribution is 1.89. The maximum Gasteiger partial charge on any atom is 0.305 e. The van der Waals surface area contributed by atoms with Crippen molar-refractivity contribution in [3.8, 4) is 0 Å². The first-order chi connectivity index (χ1) is 6.70. The largest absolute Gasteiger partial charge is 0.469 e. The van der Waals surface area contributed by atoms with Gasteiger partial charge in [-0.25, -0.2) is 0 Å². The number of amides is 1. The maximum atomic E-state index is 11.0. The van der Waals surface area contributed by atoms with Crippen molar-refractivity contribution in [2.75, 3.05) is 26.9 Å². The van der Waals surface area contributed by atoms with E-state index in [1.807, 2.05) is 6.92 Å². The van der Waals surface area contributed by atoms with Crippen molar-refractivity contribution in [1.29, 1.82) is 0 Å². The lowest BCUT2D eigenvalue weighted by molar-refractivity contribution is -0.140. The second kappa shape index (κ2) is 8.50. The smallest absolute Gasteiger partial charge is 0.305 e. The molecule has 0 aromatic carbocycles. The lowest BCUT2D eigenvalue weighted by atomic mass is 10.3. The molecule has 1 amide bonds. The summed E-state index contributed by atoms with van der Waals surface area (Å²) in [5.41, 5.74) is 0. The predicted molar refractivity (Wildman–Crippen MR) is 50.8 cm³/mol. The maximum absolute atomic E-state index is 11.0. The molecular formula is C9H17NO4. The lowest BCUT2D eigenvalue weighted by Gasteiger charge is -2.04. The van der Waals surface area contributed by atoms with Crippen LogP contribution in [0.4, 0.5) is 0 Å². The van der Waals surface area contributed by atoms with E-state index in [0.717, 1.165) is 0 Å². The number of ether oxygens (including phenoxy) is 2. The summed E-state index contributed by atoms with van der Waals surface area (Å²) >= 11 is 0. The molecule has 0 aliphatic rings. The number of hydrogen-bond acceptors (Lipinski definition) is 4. The van der Waals surface area contributed by atoms with Crippen molar-refractivity contribution >= 4 is 11.9 Å². The van der Waals surface area contributed by atoms with Crippen LogP contribution in [0.2, 0.25) is 0 Å². The predicted octanol–water partition coefficient (Wildman–Crippen LogP) is 0.0923. The minimum absolute atomic E-state index is 0.0781. The van der Waals surface area contributed by atoms with Gasteiger partial charge >= 0.3 is 5.97 Å². The summed E-state index contributed by atoms with van der Waals surface area (Å²) in [4.78, 5) is 21.6. The summed E-state index contributed by atoms with van der Waals surface area (Å²) in [5.74, 6) is -0.416. The topological polar surface area (TPSA) is 64.6 Å². The average Bonchev–Trinajstić information content (AvgIpc) is 2.21. The molecular weight excluding hydrogens is 186 g/mol. The van der Waals surface area contributed by atoms with E-state index in [-0.39, 0.29) is 18.5 Å². The SMILES string of the molecule is CCOCC(=O)NCCCC(=O)OC. The third-order valence-electron chi connectivity index (χ3n) is 1.54. The highest BCUT2D eigenvalue weighted by molar-refractivity contribution is 5.77. The highest BCUT2D eigenvalue weighted by Gasteiger charge is 2.02. The van der Waals surface area contributed by atoms with Gasteiger partial charge in [-0.2, -0.15) is 0 Å². The van der Waals surface area contributed by atoms with E-state index >= 15 is 0 Å². The molecule has 0 saturated heterocycles. The Balaban J connectivity index is 3.27. The molecule has 0 unspecified atom stereocenters. The van der Waals surface area contributed by atoms with Crippen LogP contribution < -0.4 is 5.32 Å². The normalized spacial score (nSPS) is 9.57. The second-order valence-corrected chi connectivity index (χ2v) is 2.67. The Labute approximate surface area is 83.8 Å². The van der Waals surface area contributed by atoms with Gasteiger partial charge < -0.3 is 14.8 Å². The van der Waals surface area contributed by atoms with Crippen LogP contribution >= 0.6 is 0 Å². The fourth-order valence-corrected chi connectivity index (χ4v) is 0.808. The van der Waals surface area contributed by atoms with E-state index in [4.69, 9.17) is 4.74 Å². The fraction of sp³-hybridized carbons (Fsp3) is 0.778. The van der Waals surface area contributed by atoms with Gasteiger partial charge in [-0.1, -0.05) is 0 Å². The average molecular weight is 203 g/mol. The first-order valence-corrected chi connectivity index (χ1v) is 4.62. The van der Waals surface area contributed by atoms with Crippen molar-refractivity contribution < 1.29 is 19.1 Å². The molecule has 0 bridgehead atoms. The molecule has 0 aromatic rings. The number of carbonyl (C=O) groups is 2. The summed E-state index contributed by atoms with van der Waals surface area (Å²) in [5, 5.41) is 2.63. The number of nitrogens with one attached hydrogen (secondary N) is 1. The molecule has 5 heteroatoms. The molecule has 0 heterocycles. The van der Waals surface area contributed by atoms with Gasteiger partial charge in [0.05, 0.1) is 7.11 Å². The zero-order valence-electron chi connectivity index (χ0n) is 8.67. The lowest BCUT2D eigenvalue weighted by Crippen LogP contribution is -2.28. The quantitative estimate of drug-likeness (QED) is 0.470. The molecule has 0 radical (unpaired) electrons. The molecule has 0 rings (SSSR count). The molecule has 0 spiro atoms. The first kappa shape index (κ1) is 12.9. The van der Waals surface area contributed by atoms with Gasteiger partial charge in [-0.3, -0.25) is 9.59 Å². The van der Waals surface area contributed by atoms with Crippen molar-refractivity contribution in [3.05, 3.63) is 0 Å². The molecule has 82 valence electrons. The number of rotatable bonds is 7. The van der Waals surface area contributed by atoms with Crippen LogP contribution in [-0.2, 0) is 19.1 Å². The van der Waals surface area contributed by atoms with Crippen LogP contribution in [0.3, 0.4) is 0 Å². The molecule has 1 N–H and O–H groups in total. The molecule has 0 fully saturated rings. The summed E-state index contributed by atoms with van der Waals surface area (Å²) in [7, 11) is 1.34. The van der Waals surface area contributed by atoms with Crippen LogP contribution in [0.1, 0.15) is 19.8 Å². The van der Waals surface area contributed by atoms with E-state index in [1.54, 1.807) is 0 Å². The second-order valence-electron chi connectivity index (χ2n) is 2.67. The van der Waals surface area contributed by atoms with Crippen LogP contribution in [0.25, 0.3) is 0 Å². The fourth-order valence-electron chi connectivity index (χ4n) is 0.808. The zero-order valence-corrected chi connectivity index (χ0v) is 8.67. The zero-order chi connectivity index (χ0) is 10.8. The number of methoxy groups -OCH3 is 1. The Hall–Kier alpha value is -1.10. The van der Waals surface area contributed by atoms with Gasteiger partial charge in [0.1, 0.15) is 6.61 Å². The molecule has 0 aliphatic heterocycles. The van der Waals surface area contributed by atoms with E-state index in [1.165, 1.54) is 7.11 Å². The minimum atomic E-state index is -0.260. The van der Waals surface area contributed by atoms with E-state index in [0.29, 0.717) is 26.0 Å². The molecule has 0 atom stereocenters. The molecule has 5 nitrogen and oxygen atoms in total. The van der Waals surface area contributed by atoms with Crippen molar-refractivity contribution in [1.82, 2.24) is 5.32 Å². The standard InChI is InChI=1S/C9H17NO4/c1-3-14-7-8(11)10-6-4-5-9(12)13-2/h3-7H2,1-2H3,(H,10,11). The highest BCUT2D eigenvalue weighted by atomic mass is 16.5. The van der Waals surface area contributed by atoms with Crippen LogP contribution in [0.15, 0.2) is 0 Å². The van der Waals surface area contributed by atoms with Gasteiger partial charge in [0.25, 0.3) is 0 Å². The Morgan fingerprint density at radius 3 is 2.64 bits per heavy atom. The van der Waals surface area contributed by atoms with E-state index < -0.39 is 0 Å².